The molecule has 0 aliphatic rings. The third-order valence-electron chi connectivity index (χ3n) is 1.78. The van der Waals surface area contributed by atoms with Gasteiger partial charge in [0.2, 0.25) is 0 Å². The maximum Gasteiger partial charge on any atom is 0.154 e. The number of hydrogen-bond donors (Lipinski definition) is 0. The quantitative estimate of drug-likeness (QED) is 0.730. The van der Waals surface area contributed by atoms with Crippen LogP contribution in [0.1, 0.15) is 18.2 Å². The Labute approximate surface area is 88.3 Å². The molecule has 0 N–H and O–H groups in total. The number of halogens is 2. The second kappa shape index (κ2) is 4.77. The molecule has 0 amide bonds. The molecule has 0 fully saturated rings. The summed E-state index contributed by atoms with van der Waals surface area (Å²) in [6.07, 6.45) is 0.860. The van der Waals surface area contributed by atoms with E-state index < -0.39 is 0 Å². The second-order valence-electron chi connectivity index (χ2n) is 3.27. The summed E-state index contributed by atoms with van der Waals surface area (Å²) in [7, 11) is 0. The van der Waals surface area contributed by atoms with Crippen molar-refractivity contribution in [2.24, 2.45) is 5.92 Å². The van der Waals surface area contributed by atoms with E-state index in [0.717, 1.165) is 17.7 Å². The summed E-state index contributed by atoms with van der Waals surface area (Å²) in [5.74, 6) is 1.06. The number of hydrogen-bond acceptors (Lipinski definition) is 2. The zero-order valence-corrected chi connectivity index (χ0v) is 9.23. The van der Waals surface area contributed by atoms with Crippen molar-refractivity contribution in [2.45, 2.75) is 20.3 Å². The Kier molecular flexibility index (Phi) is 3.94. The monoisotopic (exact) mass is 218 g/mol. The number of nitrogens with zero attached hydrogens (tertiary/aromatic N) is 2. The lowest BCUT2D eigenvalue weighted by Crippen LogP contribution is -2.03. The van der Waals surface area contributed by atoms with Gasteiger partial charge in [0.15, 0.2) is 5.15 Å². The minimum atomic E-state index is 0.419. The molecule has 0 radical (unpaired) electrons. The van der Waals surface area contributed by atoms with Gasteiger partial charge >= 0.3 is 0 Å². The summed E-state index contributed by atoms with van der Waals surface area (Å²) in [5, 5.41) is 8.18. The predicted octanol–water partition coefficient (Wildman–Crippen LogP) is 2.86. The molecule has 4 heteroatoms. The van der Waals surface area contributed by atoms with Gasteiger partial charge in [-0.3, -0.25) is 0 Å². The second-order valence-corrected chi connectivity index (χ2v) is 3.93. The average molecular weight is 219 g/mol. The largest absolute Gasteiger partial charge is 0.154 e. The van der Waals surface area contributed by atoms with E-state index in [2.05, 4.69) is 17.1 Å². The Morgan fingerprint density at radius 3 is 2.77 bits per heavy atom. The van der Waals surface area contributed by atoms with E-state index in [1.165, 1.54) is 0 Å². The van der Waals surface area contributed by atoms with Gasteiger partial charge in [0.25, 0.3) is 0 Å². The molecule has 0 aromatic carbocycles. The molecule has 0 bridgehead atoms. The lowest BCUT2D eigenvalue weighted by molar-refractivity contribution is 0.650. The van der Waals surface area contributed by atoms with Crippen LogP contribution in [0.4, 0.5) is 0 Å². The first kappa shape index (κ1) is 10.7. The van der Waals surface area contributed by atoms with E-state index >= 15 is 0 Å². The van der Waals surface area contributed by atoms with Gasteiger partial charge in [-0.2, -0.15) is 5.10 Å². The van der Waals surface area contributed by atoms with Crippen molar-refractivity contribution in [2.75, 3.05) is 5.88 Å². The van der Waals surface area contributed by atoms with Crippen LogP contribution >= 0.6 is 23.2 Å². The average Bonchev–Trinajstić information content (AvgIpc) is 2.11. The molecule has 1 unspecified atom stereocenters. The highest BCUT2D eigenvalue weighted by Crippen LogP contribution is 2.17. The van der Waals surface area contributed by atoms with E-state index in [4.69, 9.17) is 23.2 Å². The van der Waals surface area contributed by atoms with Crippen LogP contribution < -0.4 is 0 Å². The molecule has 13 heavy (non-hydrogen) atoms. The van der Waals surface area contributed by atoms with Crippen molar-refractivity contribution in [3.8, 4) is 0 Å². The molecule has 1 rings (SSSR count). The molecular formula is C9H12Cl2N2. The van der Waals surface area contributed by atoms with Crippen LogP contribution in [0.3, 0.4) is 0 Å². The van der Waals surface area contributed by atoms with Gasteiger partial charge in [-0.15, -0.1) is 16.7 Å². The summed E-state index contributed by atoms with van der Waals surface area (Å²) in [5.41, 5.74) is 1.92. The molecule has 1 heterocycles. The Bertz CT molecular complexity index is 289. The van der Waals surface area contributed by atoms with Gasteiger partial charge in [0.05, 0.1) is 5.69 Å². The van der Waals surface area contributed by atoms with Crippen molar-refractivity contribution < 1.29 is 0 Å². The fourth-order valence-corrected chi connectivity index (χ4v) is 1.38. The predicted molar refractivity (Wildman–Crippen MR) is 55.4 cm³/mol. The summed E-state index contributed by atoms with van der Waals surface area (Å²) in [6, 6.07) is 1.96. The Hall–Kier alpha value is -0.340. The smallest absolute Gasteiger partial charge is 0.154 e. The minimum Gasteiger partial charge on any atom is -0.154 e. The maximum atomic E-state index is 5.88. The third kappa shape index (κ3) is 3.12. The van der Waals surface area contributed by atoms with Crippen molar-refractivity contribution >= 4 is 23.2 Å². The van der Waals surface area contributed by atoms with E-state index in [9.17, 15) is 0 Å². The molecule has 2 nitrogen and oxygen atoms in total. The van der Waals surface area contributed by atoms with Crippen molar-refractivity contribution in [1.82, 2.24) is 10.2 Å². The molecular weight excluding hydrogens is 207 g/mol. The number of aromatic nitrogens is 2. The summed E-state index contributed by atoms with van der Waals surface area (Å²) in [6.45, 7) is 3.98. The van der Waals surface area contributed by atoms with E-state index in [-0.39, 0.29) is 0 Å². The number of aryl methyl sites for hydroxylation is 1. The molecule has 0 aliphatic heterocycles. The molecule has 0 spiro atoms. The Morgan fingerprint density at radius 2 is 2.15 bits per heavy atom. The van der Waals surface area contributed by atoms with Gasteiger partial charge in [0.1, 0.15) is 0 Å². The van der Waals surface area contributed by atoms with Crippen LogP contribution in [0.2, 0.25) is 5.15 Å². The van der Waals surface area contributed by atoms with Crippen molar-refractivity contribution in [1.29, 1.82) is 0 Å². The van der Waals surface area contributed by atoms with Crippen LogP contribution in [0, 0.1) is 12.8 Å². The van der Waals surface area contributed by atoms with E-state index in [0.29, 0.717) is 17.0 Å². The topological polar surface area (TPSA) is 25.8 Å². The molecule has 0 saturated heterocycles. The molecule has 72 valence electrons. The minimum absolute atomic E-state index is 0.419. The van der Waals surface area contributed by atoms with Crippen molar-refractivity contribution in [3.05, 3.63) is 22.5 Å². The summed E-state index contributed by atoms with van der Waals surface area (Å²) in [4.78, 5) is 0. The zero-order valence-electron chi connectivity index (χ0n) is 7.72. The lowest BCUT2D eigenvalue weighted by Gasteiger charge is -2.08. The molecule has 0 aliphatic carbocycles. The van der Waals surface area contributed by atoms with E-state index in [1.54, 1.807) is 0 Å². The van der Waals surface area contributed by atoms with Gasteiger partial charge in [0, 0.05) is 5.88 Å². The fraction of sp³-hybridized carbons (Fsp3) is 0.556. The van der Waals surface area contributed by atoms with Gasteiger partial charge in [-0.1, -0.05) is 18.5 Å². The zero-order chi connectivity index (χ0) is 9.84. The standard InChI is InChI=1S/C9H12Cl2N2/c1-6(5-10)3-8-4-7(2)12-13-9(8)11/h4,6H,3,5H2,1-2H3. The normalized spacial score (nSPS) is 12.9. The summed E-state index contributed by atoms with van der Waals surface area (Å²) < 4.78 is 0. The first-order valence-electron chi connectivity index (χ1n) is 4.18. The van der Waals surface area contributed by atoms with Gasteiger partial charge in [-0.05, 0) is 30.9 Å². The first-order chi connectivity index (χ1) is 6.13. The third-order valence-corrected chi connectivity index (χ3v) is 2.62. The van der Waals surface area contributed by atoms with Crippen LogP contribution in [0.15, 0.2) is 6.07 Å². The Balaban J connectivity index is 2.81. The highest BCUT2D eigenvalue weighted by Gasteiger charge is 2.07. The van der Waals surface area contributed by atoms with Crippen LogP contribution in [-0.2, 0) is 6.42 Å². The fourth-order valence-electron chi connectivity index (χ4n) is 1.10. The van der Waals surface area contributed by atoms with E-state index in [1.807, 2.05) is 13.0 Å². The summed E-state index contributed by atoms with van der Waals surface area (Å²) >= 11 is 11.6. The number of rotatable bonds is 3. The molecule has 1 aromatic heterocycles. The first-order valence-corrected chi connectivity index (χ1v) is 5.09. The van der Waals surface area contributed by atoms with Crippen LogP contribution in [-0.4, -0.2) is 16.1 Å². The maximum absolute atomic E-state index is 5.88. The van der Waals surface area contributed by atoms with Gasteiger partial charge in [-0.25, -0.2) is 0 Å². The lowest BCUT2D eigenvalue weighted by atomic mass is 10.0. The Morgan fingerprint density at radius 1 is 1.46 bits per heavy atom. The van der Waals surface area contributed by atoms with Crippen molar-refractivity contribution in [3.63, 3.8) is 0 Å². The molecule has 1 aromatic rings. The number of alkyl halides is 1. The van der Waals surface area contributed by atoms with Crippen LogP contribution in [0.25, 0.3) is 0 Å². The highest BCUT2D eigenvalue weighted by atomic mass is 35.5. The SMILES string of the molecule is Cc1cc(CC(C)CCl)c(Cl)nn1. The molecule has 1 atom stereocenters. The van der Waals surface area contributed by atoms with Gasteiger partial charge < -0.3 is 0 Å². The van der Waals surface area contributed by atoms with Crippen LogP contribution in [0.5, 0.6) is 0 Å². The highest BCUT2D eigenvalue weighted by molar-refractivity contribution is 6.30. The molecule has 0 saturated carbocycles.